The number of thiazole rings is 1. The zero-order valence-corrected chi connectivity index (χ0v) is 13.6. The normalized spacial score (nSPS) is 20.9. The van der Waals surface area contributed by atoms with Crippen molar-refractivity contribution >= 4 is 22.4 Å². The van der Waals surface area contributed by atoms with Crippen molar-refractivity contribution in [3.63, 3.8) is 0 Å². The number of rotatable bonds is 3. The van der Waals surface area contributed by atoms with Gasteiger partial charge < -0.3 is 9.80 Å². The third-order valence-electron chi connectivity index (χ3n) is 4.53. The molecule has 3 heterocycles. The van der Waals surface area contributed by atoms with Gasteiger partial charge in [0.2, 0.25) is 5.91 Å². The highest BCUT2D eigenvalue weighted by Crippen LogP contribution is 2.22. The zero-order valence-electron chi connectivity index (χ0n) is 12.8. The molecular weight excluding hydrogens is 296 g/mol. The van der Waals surface area contributed by atoms with Crippen LogP contribution in [0.4, 0.5) is 5.13 Å². The van der Waals surface area contributed by atoms with E-state index in [4.69, 9.17) is 6.42 Å². The molecule has 0 bridgehead atoms. The van der Waals surface area contributed by atoms with Crippen molar-refractivity contribution in [2.75, 3.05) is 50.7 Å². The monoisotopic (exact) mass is 318 g/mol. The van der Waals surface area contributed by atoms with Gasteiger partial charge in [0.05, 0.1) is 6.54 Å². The largest absolute Gasteiger partial charge is 0.345 e. The van der Waals surface area contributed by atoms with Crippen molar-refractivity contribution < 1.29 is 4.79 Å². The third-order valence-corrected chi connectivity index (χ3v) is 5.37. The van der Waals surface area contributed by atoms with Gasteiger partial charge in [-0.3, -0.25) is 9.69 Å². The van der Waals surface area contributed by atoms with Gasteiger partial charge >= 0.3 is 0 Å². The van der Waals surface area contributed by atoms with E-state index in [1.54, 1.807) is 11.3 Å². The topological polar surface area (TPSA) is 39.7 Å². The van der Waals surface area contributed by atoms with Gasteiger partial charge in [0.15, 0.2) is 5.13 Å². The van der Waals surface area contributed by atoms with Gasteiger partial charge in [-0.2, -0.15) is 0 Å². The number of hydrogen-bond donors (Lipinski definition) is 0. The first-order valence-electron chi connectivity index (χ1n) is 7.87. The molecular formula is C16H22N4OS. The van der Waals surface area contributed by atoms with Gasteiger partial charge in [-0.1, -0.05) is 5.92 Å². The highest BCUT2D eigenvalue weighted by molar-refractivity contribution is 7.13. The summed E-state index contributed by atoms with van der Waals surface area (Å²) in [4.78, 5) is 23.5. The van der Waals surface area contributed by atoms with Crippen LogP contribution >= 0.6 is 11.3 Å². The molecule has 1 aromatic heterocycles. The second-order valence-electron chi connectivity index (χ2n) is 5.88. The summed E-state index contributed by atoms with van der Waals surface area (Å²) >= 11 is 1.66. The molecule has 1 amide bonds. The van der Waals surface area contributed by atoms with Crippen LogP contribution < -0.4 is 4.90 Å². The van der Waals surface area contributed by atoms with Crippen molar-refractivity contribution in [3.8, 4) is 12.3 Å². The molecule has 1 aromatic rings. The standard InChI is InChI=1S/C16H22N4OS/c1-2-6-18-7-3-14(4-8-18)15(21)19-9-11-20(12-10-19)16-17-5-13-22-16/h1,5,13-14H,3-4,6-12H2. The Bertz CT molecular complexity index is 523. The highest BCUT2D eigenvalue weighted by atomic mass is 32.1. The number of piperazine rings is 1. The fourth-order valence-electron chi connectivity index (χ4n) is 3.22. The summed E-state index contributed by atoms with van der Waals surface area (Å²) in [6, 6.07) is 0. The van der Waals surface area contributed by atoms with Crippen LogP contribution in [0, 0.1) is 18.3 Å². The maximum Gasteiger partial charge on any atom is 0.225 e. The number of carbonyl (C=O) groups excluding carboxylic acids is 1. The number of hydrogen-bond acceptors (Lipinski definition) is 5. The molecule has 118 valence electrons. The SMILES string of the molecule is C#CCN1CCC(C(=O)N2CCN(c3nccs3)CC2)CC1. The number of piperidine rings is 1. The molecule has 22 heavy (non-hydrogen) atoms. The average molecular weight is 318 g/mol. The van der Waals surface area contributed by atoms with Gasteiger partial charge in [-0.15, -0.1) is 17.8 Å². The first-order chi connectivity index (χ1) is 10.8. The van der Waals surface area contributed by atoms with Crippen LogP contribution in [0.5, 0.6) is 0 Å². The number of terminal acetylenes is 1. The Morgan fingerprint density at radius 3 is 2.59 bits per heavy atom. The summed E-state index contributed by atoms with van der Waals surface area (Å²) in [6.07, 6.45) is 9.06. The highest BCUT2D eigenvalue weighted by Gasteiger charge is 2.30. The fraction of sp³-hybridized carbons (Fsp3) is 0.625. The summed E-state index contributed by atoms with van der Waals surface area (Å²) in [5, 5.41) is 3.06. The van der Waals surface area contributed by atoms with Crippen LogP contribution in [0.3, 0.4) is 0 Å². The van der Waals surface area contributed by atoms with Gasteiger partial charge in [-0.05, 0) is 25.9 Å². The van der Waals surface area contributed by atoms with Gasteiger partial charge in [0.25, 0.3) is 0 Å². The van der Waals surface area contributed by atoms with Crippen molar-refractivity contribution in [2.24, 2.45) is 5.92 Å². The molecule has 2 saturated heterocycles. The van der Waals surface area contributed by atoms with Crippen LogP contribution in [0.1, 0.15) is 12.8 Å². The van der Waals surface area contributed by atoms with Crippen molar-refractivity contribution in [1.82, 2.24) is 14.8 Å². The van der Waals surface area contributed by atoms with Gasteiger partial charge in [0, 0.05) is 43.7 Å². The van der Waals surface area contributed by atoms with Crippen LogP contribution in [0.2, 0.25) is 0 Å². The number of likely N-dealkylation sites (tertiary alicyclic amines) is 1. The second kappa shape index (κ2) is 7.12. The molecule has 2 fully saturated rings. The zero-order chi connectivity index (χ0) is 15.4. The quantitative estimate of drug-likeness (QED) is 0.784. The third kappa shape index (κ3) is 3.42. The Balaban J connectivity index is 1.47. The van der Waals surface area contributed by atoms with E-state index in [-0.39, 0.29) is 5.92 Å². The predicted octanol–water partition coefficient (Wildman–Crippen LogP) is 1.14. The lowest BCUT2D eigenvalue weighted by Crippen LogP contribution is -2.51. The maximum absolute atomic E-state index is 12.6. The molecule has 0 spiro atoms. The lowest BCUT2D eigenvalue weighted by Gasteiger charge is -2.38. The summed E-state index contributed by atoms with van der Waals surface area (Å²) in [7, 11) is 0. The minimum Gasteiger partial charge on any atom is -0.345 e. The van der Waals surface area contributed by atoms with Gasteiger partial charge in [-0.25, -0.2) is 4.98 Å². The first kappa shape index (κ1) is 15.3. The smallest absolute Gasteiger partial charge is 0.225 e. The van der Waals surface area contributed by atoms with E-state index in [9.17, 15) is 4.79 Å². The molecule has 0 atom stereocenters. The Morgan fingerprint density at radius 2 is 2.00 bits per heavy atom. The number of carbonyl (C=O) groups is 1. The molecule has 6 heteroatoms. The number of nitrogens with zero attached hydrogens (tertiary/aromatic N) is 4. The Hall–Kier alpha value is -1.58. The van der Waals surface area contributed by atoms with E-state index >= 15 is 0 Å². The summed E-state index contributed by atoms with van der Waals surface area (Å²) in [5.41, 5.74) is 0. The average Bonchev–Trinajstić information content (AvgIpc) is 3.10. The molecule has 0 N–H and O–H groups in total. The predicted molar refractivity (Wildman–Crippen MR) is 88.9 cm³/mol. The fourth-order valence-corrected chi connectivity index (χ4v) is 3.91. The van der Waals surface area contributed by atoms with Crippen LogP contribution in [0.15, 0.2) is 11.6 Å². The molecule has 0 radical (unpaired) electrons. The Morgan fingerprint density at radius 1 is 1.27 bits per heavy atom. The molecule has 0 aliphatic carbocycles. The van der Waals surface area contributed by atoms with E-state index in [0.29, 0.717) is 12.5 Å². The summed E-state index contributed by atoms with van der Waals surface area (Å²) in [5.74, 6) is 3.20. The molecule has 0 unspecified atom stereocenters. The number of amides is 1. The first-order valence-corrected chi connectivity index (χ1v) is 8.75. The van der Waals surface area contributed by atoms with Gasteiger partial charge in [0.1, 0.15) is 0 Å². The maximum atomic E-state index is 12.6. The van der Waals surface area contributed by atoms with Crippen LogP contribution in [-0.2, 0) is 4.79 Å². The molecule has 0 saturated carbocycles. The molecule has 5 nitrogen and oxygen atoms in total. The lowest BCUT2D eigenvalue weighted by atomic mass is 9.95. The Kier molecular flexibility index (Phi) is 4.96. The minimum atomic E-state index is 0.181. The molecule has 0 aromatic carbocycles. The molecule has 3 rings (SSSR count). The molecule has 2 aliphatic heterocycles. The van der Waals surface area contributed by atoms with Crippen molar-refractivity contribution in [3.05, 3.63) is 11.6 Å². The van der Waals surface area contributed by atoms with E-state index in [1.165, 1.54) is 0 Å². The van der Waals surface area contributed by atoms with E-state index in [2.05, 4.69) is 20.7 Å². The van der Waals surface area contributed by atoms with Crippen molar-refractivity contribution in [1.29, 1.82) is 0 Å². The second-order valence-corrected chi connectivity index (χ2v) is 6.75. The van der Waals surface area contributed by atoms with E-state index in [1.807, 2.05) is 16.5 Å². The lowest BCUT2D eigenvalue weighted by molar-refractivity contribution is -0.137. The molecule has 2 aliphatic rings. The van der Waals surface area contributed by atoms with Crippen LogP contribution in [0.25, 0.3) is 0 Å². The Labute approximate surface area is 135 Å². The summed E-state index contributed by atoms with van der Waals surface area (Å²) in [6.45, 7) is 5.98. The van der Waals surface area contributed by atoms with Crippen LogP contribution in [-0.4, -0.2) is 66.5 Å². The van der Waals surface area contributed by atoms with Crippen molar-refractivity contribution in [2.45, 2.75) is 12.8 Å². The van der Waals surface area contributed by atoms with E-state index in [0.717, 1.165) is 57.2 Å². The minimum absolute atomic E-state index is 0.181. The summed E-state index contributed by atoms with van der Waals surface area (Å²) < 4.78 is 0. The number of anilines is 1. The van der Waals surface area contributed by atoms with E-state index < -0.39 is 0 Å². The number of aromatic nitrogens is 1.